The second-order valence-corrected chi connectivity index (χ2v) is 4.34. The van der Waals surface area contributed by atoms with Crippen molar-refractivity contribution in [3.63, 3.8) is 0 Å². The Kier molecular flexibility index (Phi) is 2.63. The Bertz CT molecular complexity index is 806. The van der Waals surface area contributed by atoms with Crippen LogP contribution in [-0.4, -0.2) is 0 Å². The molecule has 0 aliphatic rings. The number of aromatic nitrogens is 1. The van der Waals surface area contributed by atoms with Crippen LogP contribution < -0.4 is 10.3 Å². The molecule has 0 aliphatic heterocycles. The summed E-state index contributed by atoms with van der Waals surface area (Å²) in [5.41, 5.74) is 2.05. The van der Waals surface area contributed by atoms with Gasteiger partial charge in [0.15, 0.2) is 11.8 Å². The molecule has 3 rings (SSSR count). The van der Waals surface area contributed by atoms with Crippen LogP contribution in [0.25, 0.3) is 16.7 Å². The zero-order chi connectivity index (χ0) is 13.4. The van der Waals surface area contributed by atoms with Crippen molar-refractivity contribution in [3.05, 3.63) is 70.6 Å². The van der Waals surface area contributed by atoms with E-state index in [1.807, 2.05) is 25.1 Å². The highest BCUT2D eigenvalue weighted by atomic mass is 19.1. The van der Waals surface area contributed by atoms with E-state index in [9.17, 15) is 9.18 Å². The second-order valence-electron chi connectivity index (χ2n) is 4.34. The fourth-order valence-corrected chi connectivity index (χ4v) is 2.03. The summed E-state index contributed by atoms with van der Waals surface area (Å²) in [4.78, 5) is 12.0. The molecule has 0 atom stereocenters. The molecule has 0 saturated heterocycles. The molecule has 0 spiro atoms. The number of rotatable bonds is 1. The minimum atomic E-state index is -0.492. The standard InChI is InChI=1S/C15H11FNO2/c1-10-3-2-4-11-9-17(15(18)19-14(10)11)13-7-5-12(16)6-8-13/h2-9H,1H3/q+1. The van der Waals surface area contributed by atoms with Crippen molar-refractivity contribution in [1.29, 1.82) is 0 Å². The highest BCUT2D eigenvalue weighted by molar-refractivity contribution is 5.77. The van der Waals surface area contributed by atoms with E-state index in [1.54, 1.807) is 6.20 Å². The van der Waals surface area contributed by atoms with Crippen LogP contribution in [0.5, 0.6) is 0 Å². The lowest BCUT2D eigenvalue weighted by Crippen LogP contribution is -2.46. The molecule has 1 aromatic heterocycles. The van der Waals surface area contributed by atoms with Crippen LogP contribution in [0.2, 0.25) is 0 Å². The average molecular weight is 256 g/mol. The molecule has 1 heterocycles. The number of para-hydroxylation sites is 1. The normalized spacial score (nSPS) is 10.8. The molecule has 0 unspecified atom stereocenters. The lowest BCUT2D eigenvalue weighted by Gasteiger charge is -1.99. The van der Waals surface area contributed by atoms with Crippen LogP contribution in [0.3, 0.4) is 0 Å². The van der Waals surface area contributed by atoms with Crippen molar-refractivity contribution in [2.24, 2.45) is 0 Å². The fourth-order valence-electron chi connectivity index (χ4n) is 2.03. The molecule has 0 bridgehead atoms. The quantitative estimate of drug-likeness (QED) is 0.627. The first-order chi connectivity index (χ1) is 9.15. The van der Waals surface area contributed by atoms with Gasteiger partial charge in [-0.1, -0.05) is 16.7 Å². The van der Waals surface area contributed by atoms with Gasteiger partial charge in [0.05, 0.1) is 5.39 Å². The molecule has 3 aromatic rings. The van der Waals surface area contributed by atoms with Crippen LogP contribution in [0.4, 0.5) is 4.39 Å². The van der Waals surface area contributed by atoms with Crippen molar-refractivity contribution < 1.29 is 13.4 Å². The molecule has 0 saturated carbocycles. The van der Waals surface area contributed by atoms with Crippen molar-refractivity contribution in [2.45, 2.75) is 6.92 Å². The van der Waals surface area contributed by atoms with Gasteiger partial charge < -0.3 is 4.42 Å². The lowest BCUT2D eigenvalue weighted by molar-refractivity contribution is -0.623. The summed E-state index contributed by atoms with van der Waals surface area (Å²) in [6.45, 7) is 1.88. The summed E-state index contributed by atoms with van der Waals surface area (Å²) >= 11 is 0. The molecule has 2 aromatic carbocycles. The van der Waals surface area contributed by atoms with Crippen LogP contribution >= 0.6 is 0 Å². The third-order valence-corrected chi connectivity index (χ3v) is 3.00. The van der Waals surface area contributed by atoms with Gasteiger partial charge in [0, 0.05) is 12.1 Å². The summed E-state index contributed by atoms with van der Waals surface area (Å²) in [7, 11) is 0. The van der Waals surface area contributed by atoms with E-state index in [4.69, 9.17) is 4.42 Å². The van der Waals surface area contributed by atoms with E-state index in [0.717, 1.165) is 10.9 Å². The summed E-state index contributed by atoms with van der Waals surface area (Å²) in [5, 5.41) is 0.823. The Hall–Kier alpha value is -2.49. The topological polar surface area (TPSA) is 34.1 Å². The number of benzene rings is 2. The van der Waals surface area contributed by atoms with Gasteiger partial charge in [-0.15, -0.1) is 0 Å². The zero-order valence-electron chi connectivity index (χ0n) is 10.3. The molecule has 19 heavy (non-hydrogen) atoms. The van der Waals surface area contributed by atoms with Gasteiger partial charge in [-0.25, -0.2) is 4.39 Å². The largest absolute Gasteiger partial charge is 0.608 e. The predicted octanol–water partition coefficient (Wildman–Crippen LogP) is 2.52. The summed E-state index contributed by atoms with van der Waals surface area (Å²) in [6.07, 6.45) is 1.70. The van der Waals surface area contributed by atoms with E-state index >= 15 is 0 Å². The molecule has 4 heteroatoms. The smallest absolute Gasteiger partial charge is 0.371 e. The van der Waals surface area contributed by atoms with E-state index in [0.29, 0.717) is 11.3 Å². The van der Waals surface area contributed by atoms with Crippen LogP contribution in [0.1, 0.15) is 5.56 Å². The molecule has 0 radical (unpaired) electrons. The number of hydrogen-bond donors (Lipinski definition) is 0. The first-order valence-electron chi connectivity index (χ1n) is 5.86. The first-order valence-corrected chi connectivity index (χ1v) is 5.86. The minimum absolute atomic E-state index is 0.342. The average Bonchev–Trinajstić information content (AvgIpc) is 2.40. The molecule has 0 aliphatic carbocycles. The number of aryl methyl sites for hydroxylation is 1. The fraction of sp³-hybridized carbons (Fsp3) is 0.0667. The van der Waals surface area contributed by atoms with Crippen molar-refractivity contribution >= 4 is 11.0 Å². The van der Waals surface area contributed by atoms with Crippen LogP contribution in [0.15, 0.2) is 57.9 Å². The van der Waals surface area contributed by atoms with Gasteiger partial charge in [0.1, 0.15) is 5.82 Å². The number of fused-ring (bicyclic) bond motifs is 1. The van der Waals surface area contributed by atoms with Gasteiger partial charge in [-0.2, -0.15) is 4.79 Å². The van der Waals surface area contributed by atoms with Crippen molar-refractivity contribution in [3.8, 4) is 5.69 Å². The molecule has 0 N–H and O–H groups in total. The second kappa shape index (κ2) is 4.31. The summed E-state index contributed by atoms with van der Waals surface area (Å²) in [6, 6.07) is 11.3. The van der Waals surface area contributed by atoms with Crippen molar-refractivity contribution in [1.82, 2.24) is 0 Å². The number of hydrogen-bond acceptors (Lipinski definition) is 2. The maximum atomic E-state index is 12.9. The van der Waals surface area contributed by atoms with E-state index in [2.05, 4.69) is 0 Å². The van der Waals surface area contributed by atoms with Gasteiger partial charge in [-0.05, 0) is 30.7 Å². The Morgan fingerprint density at radius 1 is 1.11 bits per heavy atom. The van der Waals surface area contributed by atoms with Gasteiger partial charge in [0.2, 0.25) is 5.69 Å². The van der Waals surface area contributed by atoms with E-state index in [1.165, 1.54) is 28.8 Å². The monoisotopic (exact) mass is 256 g/mol. The summed E-state index contributed by atoms with van der Waals surface area (Å²) in [5.74, 6) is -0.834. The Labute approximate surface area is 108 Å². The van der Waals surface area contributed by atoms with Gasteiger partial charge in [-0.3, -0.25) is 0 Å². The van der Waals surface area contributed by atoms with E-state index in [-0.39, 0.29) is 5.82 Å². The minimum Gasteiger partial charge on any atom is -0.371 e. The predicted molar refractivity (Wildman–Crippen MR) is 68.7 cm³/mol. The lowest BCUT2D eigenvalue weighted by atomic mass is 10.2. The first kappa shape index (κ1) is 11.6. The zero-order valence-corrected chi connectivity index (χ0v) is 10.3. The van der Waals surface area contributed by atoms with Crippen LogP contribution in [0, 0.1) is 12.7 Å². The Balaban J connectivity index is 2.28. The molecule has 3 nitrogen and oxygen atoms in total. The highest BCUT2D eigenvalue weighted by Gasteiger charge is 2.16. The molecule has 0 amide bonds. The highest BCUT2D eigenvalue weighted by Crippen LogP contribution is 2.14. The molecule has 94 valence electrons. The maximum absolute atomic E-state index is 12.9. The molecular formula is C15H11FNO2+. The SMILES string of the molecule is Cc1cccc2c[n+](-c3ccc(F)cc3)c(=O)oc12. The maximum Gasteiger partial charge on any atom is 0.608 e. The van der Waals surface area contributed by atoms with Crippen molar-refractivity contribution in [2.75, 3.05) is 0 Å². The Morgan fingerprint density at radius 3 is 2.58 bits per heavy atom. The van der Waals surface area contributed by atoms with E-state index < -0.39 is 5.76 Å². The summed E-state index contributed by atoms with van der Waals surface area (Å²) < 4.78 is 19.6. The number of nitrogens with zero attached hydrogens (tertiary/aromatic N) is 1. The molecular weight excluding hydrogens is 245 g/mol. The van der Waals surface area contributed by atoms with Gasteiger partial charge >= 0.3 is 5.76 Å². The van der Waals surface area contributed by atoms with Crippen LogP contribution in [-0.2, 0) is 0 Å². The third kappa shape index (κ3) is 2.01. The molecule has 0 fully saturated rings. The third-order valence-electron chi connectivity index (χ3n) is 3.00. The van der Waals surface area contributed by atoms with Gasteiger partial charge in [0.25, 0.3) is 0 Å². The Morgan fingerprint density at radius 2 is 1.84 bits per heavy atom. The number of halogens is 1.